The van der Waals surface area contributed by atoms with Crippen LogP contribution in [-0.4, -0.2) is 25.8 Å². The minimum atomic E-state index is -2.81. The lowest BCUT2D eigenvalue weighted by molar-refractivity contribution is 0.247. The predicted octanol–water partition coefficient (Wildman–Crippen LogP) is 3.64. The highest BCUT2D eigenvalue weighted by Crippen LogP contribution is 2.37. The highest BCUT2D eigenvalue weighted by molar-refractivity contribution is 7.90. The predicted molar refractivity (Wildman–Crippen MR) is 74.3 cm³/mol. The zero-order valence-corrected chi connectivity index (χ0v) is 12.6. The number of halogens is 1. The molecule has 1 aliphatic carbocycles. The fourth-order valence-electron chi connectivity index (χ4n) is 2.90. The van der Waals surface area contributed by atoms with Crippen LogP contribution in [0.2, 0.25) is 0 Å². The van der Waals surface area contributed by atoms with Crippen LogP contribution in [0.25, 0.3) is 0 Å². The van der Waals surface area contributed by atoms with Gasteiger partial charge in [0, 0.05) is 17.4 Å². The Bertz CT molecular complexity index is 313. The smallest absolute Gasteiger partial charge is 0.147 e. The Kier molecular flexibility index (Phi) is 6.28. The van der Waals surface area contributed by atoms with Crippen molar-refractivity contribution in [2.45, 2.75) is 57.2 Å². The molecule has 0 heterocycles. The third kappa shape index (κ3) is 6.10. The number of hydrogen-bond donors (Lipinski definition) is 0. The van der Waals surface area contributed by atoms with Crippen molar-refractivity contribution in [3.8, 4) is 0 Å². The van der Waals surface area contributed by atoms with Gasteiger partial charge in [0.1, 0.15) is 9.84 Å². The SMILES string of the molecule is CCCC1CCC(Cl)C(CCCS(C)(=O)=O)C1. The van der Waals surface area contributed by atoms with Crippen molar-refractivity contribution < 1.29 is 8.42 Å². The molecule has 2 nitrogen and oxygen atoms in total. The first kappa shape index (κ1) is 15.3. The Labute approximate surface area is 111 Å². The molecule has 102 valence electrons. The summed E-state index contributed by atoms with van der Waals surface area (Å²) in [4.78, 5) is 0. The molecule has 0 saturated heterocycles. The van der Waals surface area contributed by atoms with E-state index in [-0.39, 0.29) is 5.38 Å². The molecule has 0 aromatic rings. The van der Waals surface area contributed by atoms with E-state index in [1.54, 1.807) is 0 Å². The number of alkyl halides is 1. The molecule has 17 heavy (non-hydrogen) atoms. The molecule has 0 radical (unpaired) electrons. The van der Waals surface area contributed by atoms with E-state index in [0.717, 1.165) is 25.2 Å². The summed E-state index contributed by atoms with van der Waals surface area (Å²) in [7, 11) is -2.81. The van der Waals surface area contributed by atoms with Gasteiger partial charge >= 0.3 is 0 Å². The Balaban J connectivity index is 2.34. The van der Waals surface area contributed by atoms with Crippen LogP contribution >= 0.6 is 11.6 Å². The lowest BCUT2D eigenvalue weighted by atomic mass is 9.77. The Morgan fingerprint density at radius 3 is 2.53 bits per heavy atom. The van der Waals surface area contributed by atoms with E-state index < -0.39 is 9.84 Å². The Morgan fingerprint density at radius 1 is 1.24 bits per heavy atom. The summed E-state index contributed by atoms with van der Waals surface area (Å²) in [5, 5.41) is 0.266. The van der Waals surface area contributed by atoms with Gasteiger partial charge in [0.2, 0.25) is 0 Å². The Morgan fingerprint density at radius 2 is 1.94 bits per heavy atom. The second-order valence-corrected chi connectivity index (χ2v) is 8.34. The molecule has 0 aliphatic heterocycles. The molecule has 1 fully saturated rings. The van der Waals surface area contributed by atoms with E-state index in [1.807, 2.05) is 0 Å². The van der Waals surface area contributed by atoms with Gasteiger partial charge in [-0.05, 0) is 43.9 Å². The Hall–Kier alpha value is 0.240. The number of rotatable bonds is 6. The van der Waals surface area contributed by atoms with Gasteiger partial charge in [0.05, 0.1) is 0 Å². The number of hydrogen-bond acceptors (Lipinski definition) is 2. The highest BCUT2D eigenvalue weighted by atomic mass is 35.5. The molecular weight excluding hydrogens is 256 g/mol. The maximum absolute atomic E-state index is 11.1. The summed E-state index contributed by atoms with van der Waals surface area (Å²) in [6.45, 7) is 2.23. The third-order valence-electron chi connectivity index (χ3n) is 3.79. The number of sulfone groups is 1. The zero-order chi connectivity index (χ0) is 12.9. The maximum atomic E-state index is 11.1. The van der Waals surface area contributed by atoms with Gasteiger partial charge in [-0.15, -0.1) is 11.6 Å². The van der Waals surface area contributed by atoms with Crippen LogP contribution in [-0.2, 0) is 9.84 Å². The van der Waals surface area contributed by atoms with Crippen molar-refractivity contribution in [3.63, 3.8) is 0 Å². The minimum absolute atomic E-state index is 0.266. The van der Waals surface area contributed by atoms with Gasteiger partial charge in [0.25, 0.3) is 0 Å². The largest absolute Gasteiger partial charge is 0.229 e. The molecule has 0 N–H and O–H groups in total. The van der Waals surface area contributed by atoms with Gasteiger partial charge < -0.3 is 0 Å². The molecule has 0 spiro atoms. The van der Waals surface area contributed by atoms with Crippen LogP contribution < -0.4 is 0 Å². The van der Waals surface area contributed by atoms with Crippen LogP contribution in [0.3, 0.4) is 0 Å². The van der Waals surface area contributed by atoms with Crippen LogP contribution in [0.5, 0.6) is 0 Å². The van der Waals surface area contributed by atoms with E-state index in [4.69, 9.17) is 11.6 Å². The second kappa shape index (κ2) is 6.98. The van der Waals surface area contributed by atoms with E-state index in [2.05, 4.69) is 6.92 Å². The summed E-state index contributed by atoms with van der Waals surface area (Å²) in [6, 6.07) is 0. The minimum Gasteiger partial charge on any atom is -0.229 e. The van der Waals surface area contributed by atoms with Gasteiger partial charge in [-0.1, -0.05) is 19.8 Å². The molecule has 0 aromatic carbocycles. The van der Waals surface area contributed by atoms with Crippen molar-refractivity contribution in [2.75, 3.05) is 12.0 Å². The van der Waals surface area contributed by atoms with Crippen molar-refractivity contribution in [2.24, 2.45) is 11.8 Å². The molecule has 0 amide bonds. The summed E-state index contributed by atoms with van der Waals surface area (Å²) in [5.74, 6) is 1.66. The molecule has 1 saturated carbocycles. The molecule has 1 aliphatic rings. The topological polar surface area (TPSA) is 34.1 Å². The van der Waals surface area contributed by atoms with Crippen molar-refractivity contribution in [1.29, 1.82) is 0 Å². The molecule has 0 aromatic heterocycles. The van der Waals surface area contributed by atoms with Crippen LogP contribution in [0.15, 0.2) is 0 Å². The second-order valence-electron chi connectivity index (χ2n) is 5.52. The summed E-state index contributed by atoms with van der Waals surface area (Å²) in [5.41, 5.74) is 0. The molecule has 1 rings (SSSR count). The first-order valence-corrected chi connectivity index (χ1v) is 9.24. The fraction of sp³-hybridized carbons (Fsp3) is 1.00. The van der Waals surface area contributed by atoms with Crippen LogP contribution in [0.4, 0.5) is 0 Å². The van der Waals surface area contributed by atoms with E-state index in [9.17, 15) is 8.42 Å². The third-order valence-corrected chi connectivity index (χ3v) is 5.39. The van der Waals surface area contributed by atoms with E-state index in [1.165, 1.54) is 31.9 Å². The zero-order valence-electron chi connectivity index (χ0n) is 11.0. The molecule has 3 atom stereocenters. The highest BCUT2D eigenvalue weighted by Gasteiger charge is 2.28. The van der Waals surface area contributed by atoms with Gasteiger partial charge in [-0.2, -0.15) is 0 Å². The maximum Gasteiger partial charge on any atom is 0.147 e. The van der Waals surface area contributed by atoms with Crippen molar-refractivity contribution in [3.05, 3.63) is 0 Å². The van der Waals surface area contributed by atoms with E-state index >= 15 is 0 Å². The standard InChI is InChI=1S/C13H25ClO2S/c1-3-5-11-7-8-13(14)12(10-11)6-4-9-17(2,15)16/h11-13H,3-10H2,1-2H3. The summed E-state index contributed by atoms with van der Waals surface area (Å²) in [6.07, 6.45) is 9.16. The average molecular weight is 281 g/mol. The molecular formula is C13H25ClO2S. The van der Waals surface area contributed by atoms with Crippen LogP contribution in [0.1, 0.15) is 51.9 Å². The lowest BCUT2D eigenvalue weighted by Crippen LogP contribution is -2.26. The normalized spacial score (nSPS) is 30.4. The van der Waals surface area contributed by atoms with Crippen LogP contribution in [0, 0.1) is 11.8 Å². The lowest BCUT2D eigenvalue weighted by Gasteiger charge is -2.33. The molecule has 3 unspecified atom stereocenters. The van der Waals surface area contributed by atoms with Crippen molar-refractivity contribution in [1.82, 2.24) is 0 Å². The van der Waals surface area contributed by atoms with Gasteiger partial charge in [-0.3, -0.25) is 0 Å². The first-order valence-electron chi connectivity index (χ1n) is 6.74. The monoisotopic (exact) mass is 280 g/mol. The van der Waals surface area contributed by atoms with Gasteiger partial charge in [-0.25, -0.2) is 8.42 Å². The first-order chi connectivity index (χ1) is 7.92. The van der Waals surface area contributed by atoms with E-state index in [0.29, 0.717) is 11.7 Å². The summed E-state index contributed by atoms with van der Waals surface area (Å²) < 4.78 is 22.2. The van der Waals surface area contributed by atoms with Gasteiger partial charge in [0.15, 0.2) is 0 Å². The fourth-order valence-corrected chi connectivity index (χ4v) is 3.95. The van der Waals surface area contributed by atoms with Crippen molar-refractivity contribution >= 4 is 21.4 Å². The summed E-state index contributed by atoms with van der Waals surface area (Å²) >= 11 is 6.35. The average Bonchev–Trinajstić information content (AvgIpc) is 2.21. The molecule has 0 bridgehead atoms. The molecule has 4 heteroatoms. The quantitative estimate of drug-likeness (QED) is 0.696.